The minimum atomic E-state index is 0.468. The number of hydrogen-bond donors (Lipinski definition) is 2. The molecule has 0 spiro atoms. The predicted molar refractivity (Wildman–Crippen MR) is 86.0 cm³/mol. The summed E-state index contributed by atoms with van der Waals surface area (Å²) in [6.07, 6.45) is 4.13. The highest BCUT2D eigenvalue weighted by Crippen LogP contribution is 2.22. The molecule has 0 heterocycles. The van der Waals surface area contributed by atoms with E-state index in [-0.39, 0.29) is 0 Å². The van der Waals surface area contributed by atoms with Gasteiger partial charge in [-0.25, -0.2) is 0 Å². The quantitative estimate of drug-likeness (QED) is 0.638. The summed E-state index contributed by atoms with van der Waals surface area (Å²) in [6, 6.07) is 5.67. The summed E-state index contributed by atoms with van der Waals surface area (Å²) in [5.74, 6) is 0. The molecule has 0 amide bonds. The number of hydrazone groups is 1. The van der Waals surface area contributed by atoms with Gasteiger partial charge < -0.3 is 5.32 Å². The smallest absolute Gasteiger partial charge is 0.191 e. The number of benzene rings is 1. The molecule has 2 N–H and O–H groups in total. The van der Waals surface area contributed by atoms with Gasteiger partial charge in [-0.05, 0) is 62.7 Å². The van der Waals surface area contributed by atoms with Gasteiger partial charge in [-0.3, -0.25) is 5.43 Å². The first-order chi connectivity index (χ1) is 9.06. The van der Waals surface area contributed by atoms with E-state index in [9.17, 15) is 0 Å². The first-order valence-electron chi connectivity index (χ1n) is 6.12. The molecule has 0 saturated heterocycles. The van der Waals surface area contributed by atoms with Crippen LogP contribution < -0.4 is 10.7 Å². The van der Waals surface area contributed by atoms with Gasteiger partial charge in [-0.1, -0.05) is 23.2 Å². The monoisotopic (exact) mass is 293 g/mol. The molecule has 0 saturated carbocycles. The maximum atomic E-state index is 6.06. The molecule has 1 aliphatic carbocycles. The van der Waals surface area contributed by atoms with E-state index in [4.69, 9.17) is 23.8 Å². The number of nitrogens with one attached hydrogen (secondary N) is 2. The van der Waals surface area contributed by atoms with Gasteiger partial charge in [0.2, 0.25) is 0 Å². The van der Waals surface area contributed by atoms with Crippen molar-refractivity contribution in [2.24, 2.45) is 5.10 Å². The van der Waals surface area contributed by atoms with Gasteiger partial charge in [0.25, 0.3) is 0 Å². The third kappa shape index (κ3) is 3.78. The topological polar surface area (TPSA) is 36.4 Å². The third-order valence-corrected chi connectivity index (χ3v) is 3.61. The SMILES string of the molecule is CC1=C/C(=N\NC(=S)Nc2cccc(Cl)c2C)CC1. The van der Waals surface area contributed by atoms with Crippen LogP contribution in [0.25, 0.3) is 0 Å². The summed E-state index contributed by atoms with van der Waals surface area (Å²) in [5.41, 5.74) is 7.11. The van der Waals surface area contributed by atoms with Crippen molar-refractivity contribution in [2.45, 2.75) is 26.7 Å². The molecule has 0 aromatic heterocycles. The summed E-state index contributed by atoms with van der Waals surface area (Å²) in [4.78, 5) is 0. The highest BCUT2D eigenvalue weighted by atomic mass is 35.5. The lowest BCUT2D eigenvalue weighted by Gasteiger charge is -2.11. The largest absolute Gasteiger partial charge is 0.331 e. The first-order valence-corrected chi connectivity index (χ1v) is 6.91. The fourth-order valence-electron chi connectivity index (χ4n) is 1.86. The molecule has 100 valence electrons. The van der Waals surface area contributed by atoms with E-state index in [2.05, 4.69) is 28.8 Å². The van der Waals surface area contributed by atoms with Crippen LogP contribution in [0.4, 0.5) is 5.69 Å². The van der Waals surface area contributed by atoms with Gasteiger partial charge in [-0.15, -0.1) is 0 Å². The lowest BCUT2D eigenvalue weighted by molar-refractivity contribution is 1.00. The third-order valence-electron chi connectivity index (χ3n) is 3.01. The molecule has 3 nitrogen and oxygen atoms in total. The van der Waals surface area contributed by atoms with Gasteiger partial charge >= 0.3 is 0 Å². The van der Waals surface area contributed by atoms with Gasteiger partial charge in [0.05, 0.1) is 5.71 Å². The van der Waals surface area contributed by atoms with Crippen molar-refractivity contribution in [3.05, 3.63) is 40.4 Å². The molecule has 0 radical (unpaired) electrons. The molecule has 0 unspecified atom stereocenters. The van der Waals surface area contributed by atoms with Crippen molar-refractivity contribution in [1.29, 1.82) is 0 Å². The van der Waals surface area contributed by atoms with Crippen molar-refractivity contribution in [3.63, 3.8) is 0 Å². The second kappa shape index (κ2) is 6.17. The molecule has 1 aromatic carbocycles. The molecule has 1 aliphatic rings. The van der Waals surface area contributed by atoms with Gasteiger partial charge in [0, 0.05) is 10.7 Å². The Bertz CT molecular complexity index is 564. The first kappa shape index (κ1) is 14.0. The van der Waals surface area contributed by atoms with Crippen LogP contribution >= 0.6 is 23.8 Å². The number of hydrogen-bond acceptors (Lipinski definition) is 2. The Labute approximate surface area is 123 Å². The second-order valence-corrected chi connectivity index (χ2v) is 5.39. The highest BCUT2D eigenvalue weighted by Gasteiger charge is 2.07. The molecule has 0 bridgehead atoms. The van der Waals surface area contributed by atoms with Crippen molar-refractivity contribution in [2.75, 3.05) is 5.32 Å². The maximum absolute atomic E-state index is 6.06. The average molecular weight is 294 g/mol. The zero-order chi connectivity index (χ0) is 13.8. The number of nitrogens with zero attached hydrogens (tertiary/aromatic N) is 1. The fourth-order valence-corrected chi connectivity index (χ4v) is 2.19. The fraction of sp³-hybridized carbons (Fsp3) is 0.286. The van der Waals surface area contributed by atoms with E-state index in [1.54, 1.807) is 0 Å². The number of rotatable bonds is 2. The molecular weight excluding hydrogens is 278 g/mol. The normalized spacial score (nSPS) is 16.4. The Balaban J connectivity index is 1.97. The van der Waals surface area contributed by atoms with E-state index in [1.165, 1.54) is 5.57 Å². The van der Waals surface area contributed by atoms with Crippen molar-refractivity contribution >= 4 is 40.3 Å². The van der Waals surface area contributed by atoms with Crippen LogP contribution in [0, 0.1) is 6.92 Å². The lowest BCUT2D eigenvalue weighted by Crippen LogP contribution is -2.25. The molecule has 1 aromatic rings. The Morgan fingerprint density at radius 1 is 1.32 bits per heavy atom. The second-order valence-electron chi connectivity index (χ2n) is 4.57. The van der Waals surface area contributed by atoms with Crippen molar-refractivity contribution in [3.8, 4) is 0 Å². The highest BCUT2D eigenvalue weighted by molar-refractivity contribution is 7.80. The number of thiocarbonyl (C=S) groups is 1. The Hall–Kier alpha value is -1.39. The average Bonchev–Trinajstić information content (AvgIpc) is 2.78. The molecular formula is C14H16ClN3S. The Kier molecular flexibility index (Phi) is 4.56. The molecule has 5 heteroatoms. The lowest BCUT2D eigenvalue weighted by atomic mass is 10.2. The van der Waals surface area contributed by atoms with Gasteiger partial charge in [0.15, 0.2) is 5.11 Å². The van der Waals surface area contributed by atoms with Gasteiger partial charge in [-0.2, -0.15) is 5.10 Å². The Morgan fingerprint density at radius 2 is 2.11 bits per heavy atom. The van der Waals surface area contributed by atoms with Crippen LogP contribution in [0.5, 0.6) is 0 Å². The van der Waals surface area contributed by atoms with E-state index in [0.29, 0.717) is 10.1 Å². The predicted octanol–water partition coefficient (Wildman–Crippen LogP) is 4.03. The van der Waals surface area contributed by atoms with E-state index < -0.39 is 0 Å². The minimum absolute atomic E-state index is 0.468. The van der Waals surface area contributed by atoms with Crippen LogP contribution in [0.15, 0.2) is 34.9 Å². The van der Waals surface area contributed by atoms with Crippen LogP contribution in [-0.4, -0.2) is 10.8 Å². The number of allylic oxidation sites excluding steroid dienone is 2. The van der Waals surface area contributed by atoms with E-state index in [0.717, 1.165) is 29.8 Å². The Morgan fingerprint density at radius 3 is 2.79 bits per heavy atom. The zero-order valence-electron chi connectivity index (χ0n) is 11.0. The minimum Gasteiger partial charge on any atom is -0.331 e. The summed E-state index contributed by atoms with van der Waals surface area (Å²) < 4.78 is 0. The summed E-state index contributed by atoms with van der Waals surface area (Å²) in [5, 5.41) is 8.55. The standard InChI is InChI=1S/C14H16ClN3S/c1-9-6-7-11(8-9)17-18-14(19)16-13-5-3-4-12(15)10(13)2/h3-5,8H,6-7H2,1-2H3,(H2,16,18,19)/b17-11-. The molecule has 0 fully saturated rings. The van der Waals surface area contributed by atoms with Crippen LogP contribution in [0.1, 0.15) is 25.3 Å². The summed E-state index contributed by atoms with van der Waals surface area (Å²) in [7, 11) is 0. The zero-order valence-corrected chi connectivity index (χ0v) is 12.5. The number of anilines is 1. The molecule has 0 atom stereocenters. The van der Waals surface area contributed by atoms with Gasteiger partial charge in [0.1, 0.15) is 0 Å². The van der Waals surface area contributed by atoms with Crippen LogP contribution in [0.3, 0.4) is 0 Å². The number of halogens is 1. The summed E-state index contributed by atoms with van der Waals surface area (Å²) >= 11 is 11.3. The molecule has 2 rings (SSSR count). The van der Waals surface area contributed by atoms with Crippen LogP contribution in [-0.2, 0) is 0 Å². The maximum Gasteiger partial charge on any atom is 0.191 e. The summed E-state index contributed by atoms with van der Waals surface area (Å²) in [6.45, 7) is 4.05. The molecule has 0 aliphatic heterocycles. The van der Waals surface area contributed by atoms with Crippen molar-refractivity contribution < 1.29 is 0 Å². The van der Waals surface area contributed by atoms with E-state index >= 15 is 0 Å². The van der Waals surface area contributed by atoms with Crippen LogP contribution in [0.2, 0.25) is 5.02 Å². The molecule has 19 heavy (non-hydrogen) atoms. The van der Waals surface area contributed by atoms with E-state index in [1.807, 2.05) is 25.1 Å². The van der Waals surface area contributed by atoms with Crippen molar-refractivity contribution in [1.82, 2.24) is 5.43 Å².